The van der Waals surface area contributed by atoms with Crippen molar-refractivity contribution in [2.45, 2.75) is 32.5 Å². The SMILES string of the molecule is CC(C)(C)OC(=O)n1cc(Br)cc1-c1ccc(C(F)(F)F)c(F)c1. The summed E-state index contributed by atoms with van der Waals surface area (Å²) >= 11 is 3.19. The van der Waals surface area contributed by atoms with Gasteiger partial charge < -0.3 is 4.74 Å². The lowest BCUT2D eigenvalue weighted by Gasteiger charge is -2.20. The number of aromatic nitrogens is 1. The zero-order valence-corrected chi connectivity index (χ0v) is 14.6. The molecule has 0 bridgehead atoms. The molecular formula is C16H14BrF4NO2. The van der Waals surface area contributed by atoms with Crippen molar-refractivity contribution >= 4 is 22.0 Å². The molecule has 24 heavy (non-hydrogen) atoms. The van der Waals surface area contributed by atoms with Crippen molar-refractivity contribution < 1.29 is 27.1 Å². The molecule has 0 spiro atoms. The second kappa shape index (κ2) is 6.23. The van der Waals surface area contributed by atoms with Crippen molar-refractivity contribution in [3.63, 3.8) is 0 Å². The number of carbonyl (C=O) groups is 1. The fourth-order valence-corrected chi connectivity index (χ4v) is 2.44. The van der Waals surface area contributed by atoms with Gasteiger partial charge in [0.05, 0.1) is 11.3 Å². The molecule has 0 fully saturated rings. The van der Waals surface area contributed by atoms with Gasteiger partial charge in [-0.15, -0.1) is 0 Å². The van der Waals surface area contributed by atoms with Gasteiger partial charge in [-0.1, -0.05) is 6.07 Å². The lowest BCUT2D eigenvalue weighted by atomic mass is 10.1. The molecule has 2 rings (SSSR count). The van der Waals surface area contributed by atoms with Crippen LogP contribution in [-0.4, -0.2) is 16.3 Å². The van der Waals surface area contributed by atoms with Gasteiger partial charge in [0, 0.05) is 16.2 Å². The molecular weight excluding hydrogens is 394 g/mol. The topological polar surface area (TPSA) is 31.2 Å². The molecule has 0 N–H and O–H groups in total. The van der Waals surface area contributed by atoms with Crippen LogP contribution in [0, 0.1) is 5.82 Å². The van der Waals surface area contributed by atoms with E-state index >= 15 is 0 Å². The quantitative estimate of drug-likeness (QED) is 0.554. The molecule has 0 saturated carbocycles. The van der Waals surface area contributed by atoms with Crippen LogP contribution in [-0.2, 0) is 10.9 Å². The summed E-state index contributed by atoms with van der Waals surface area (Å²) in [5.74, 6) is -1.41. The average molecular weight is 408 g/mol. The number of hydrogen-bond acceptors (Lipinski definition) is 2. The van der Waals surface area contributed by atoms with Crippen LogP contribution in [0.2, 0.25) is 0 Å². The minimum atomic E-state index is -4.78. The Hall–Kier alpha value is -1.83. The molecule has 0 aliphatic rings. The van der Waals surface area contributed by atoms with Gasteiger partial charge in [-0.2, -0.15) is 13.2 Å². The summed E-state index contributed by atoms with van der Waals surface area (Å²) in [7, 11) is 0. The Morgan fingerprint density at radius 1 is 1.17 bits per heavy atom. The number of rotatable bonds is 1. The third kappa shape index (κ3) is 4.17. The lowest BCUT2D eigenvalue weighted by molar-refractivity contribution is -0.139. The van der Waals surface area contributed by atoms with Crippen LogP contribution in [0.25, 0.3) is 11.3 Å². The van der Waals surface area contributed by atoms with Crippen LogP contribution in [0.5, 0.6) is 0 Å². The molecule has 2 aromatic rings. The summed E-state index contributed by atoms with van der Waals surface area (Å²) in [5.41, 5.74) is -1.78. The maximum atomic E-state index is 13.8. The number of hydrogen-bond donors (Lipinski definition) is 0. The van der Waals surface area contributed by atoms with Gasteiger partial charge in [-0.3, -0.25) is 4.57 Å². The maximum Gasteiger partial charge on any atom is 0.419 e. The number of ether oxygens (including phenoxy) is 1. The van der Waals surface area contributed by atoms with Crippen molar-refractivity contribution in [1.82, 2.24) is 4.57 Å². The van der Waals surface area contributed by atoms with Gasteiger partial charge in [-0.05, 0) is 54.9 Å². The average Bonchev–Trinajstić information content (AvgIpc) is 2.77. The Kier molecular flexibility index (Phi) is 4.81. The normalized spacial score (nSPS) is 12.3. The van der Waals surface area contributed by atoms with Crippen molar-refractivity contribution in [1.29, 1.82) is 0 Å². The van der Waals surface area contributed by atoms with E-state index in [0.717, 1.165) is 16.7 Å². The highest BCUT2D eigenvalue weighted by Gasteiger charge is 2.34. The van der Waals surface area contributed by atoms with Gasteiger partial charge in [0.15, 0.2) is 0 Å². The van der Waals surface area contributed by atoms with Crippen molar-refractivity contribution in [3.05, 3.63) is 46.3 Å². The Bertz CT molecular complexity index is 775. The number of carbonyl (C=O) groups excluding carboxylic acids is 1. The summed E-state index contributed by atoms with van der Waals surface area (Å²) in [6.45, 7) is 5.04. The van der Waals surface area contributed by atoms with E-state index in [1.165, 1.54) is 12.3 Å². The van der Waals surface area contributed by atoms with Crippen LogP contribution in [0.1, 0.15) is 26.3 Å². The summed E-state index contributed by atoms with van der Waals surface area (Å²) in [5, 5.41) is 0. The van der Waals surface area contributed by atoms with E-state index in [2.05, 4.69) is 15.9 Å². The number of nitrogens with zero attached hydrogens (tertiary/aromatic N) is 1. The number of alkyl halides is 3. The summed E-state index contributed by atoms with van der Waals surface area (Å²) in [6, 6.07) is 3.98. The van der Waals surface area contributed by atoms with E-state index in [4.69, 9.17) is 4.74 Å². The van der Waals surface area contributed by atoms with E-state index in [0.29, 0.717) is 10.5 Å². The molecule has 0 unspecified atom stereocenters. The predicted molar refractivity (Wildman–Crippen MR) is 84.2 cm³/mol. The fraction of sp³-hybridized carbons (Fsp3) is 0.312. The molecule has 3 nitrogen and oxygen atoms in total. The van der Waals surface area contributed by atoms with E-state index < -0.39 is 29.3 Å². The number of halogens is 5. The zero-order chi connectivity index (χ0) is 18.3. The van der Waals surface area contributed by atoms with Crippen LogP contribution < -0.4 is 0 Å². The smallest absolute Gasteiger partial charge is 0.419 e. The Morgan fingerprint density at radius 2 is 1.79 bits per heavy atom. The third-order valence-electron chi connectivity index (χ3n) is 2.95. The van der Waals surface area contributed by atoms with Gasteiger partial charge >= 0.3 is 12.3 Å². The Morgan fingerprint density at radius 3 is 2.29 bits per heavy atom. The molecule has 0 radical (unpaired) electrons. The highest BCUT2D eigenvalue weighted by molar-refractivity contribution is 9.10. The van der Waals surface area contributed by atoms with E-state index in [9.17, 15) is 22.4 Å². The first-order chi connectivity index (χ1) is 10.9. The first-order valence-corrected chi connectivity index (χ1v) is 7.66. The third-order valence-corrected chi connectivity index (χ3v) is 3.38. The molecule has 8 heteroatoms. The molecule has 0 saturated heterocycles. The van der Waals surface area contributed by atoms with E-state index in [-0.39, 0.29) is 11.3 Å². The minimum Gasteiger partial charge on any atom is -0.443 e. The fourth-order valence-electron chi connectivity index (χ4n) is 2.02. The van der Waals surface area contributed by atoms with Gasteiger partial charge in [0.25, 0.3) is 0 Å². The molecule has 1 aromatic heterocycles. The Labute approximate surface area is 144 Å². The van der Waals surface area contributed by atoms with Crippen molar-refractivity contribution in [2.75, 3.05) is 0 Å². The molecule has 0 atom stereocenters. The number of benzene rings is 1. The first-order valence-electron chi connectivity index (χ1n) is 6.87. The molecule has 0 aliphatic carbocycles. The van der Waals surface area contributed by atoms with Gasteiger partial charge in [-0.25, -0.2) is 9.18 Å². The maximum absolute atomic E-state index is 13.8. The predicted octanol–water partition coefficient (Wildman–Crippen LogP) is 5.86. The van der Waals surface area contributed by atoms with Crippen LogP contribution in [0.15, 0.2) is 34.9 Å². The summed E-state index contributed by atoms with van der Waals surface area (Å²) in [4.78, 5) is 12.2. The zero-order valence-electron chi connectivity index (χ0n) is 13.0. The molecule has 1 aromatic carbocycles. The highest BCUT2D eigenvalue weighted by Crippen LogP contribution is 2.34. The van der Waals surface area contributed by atoms with Crippen LogP contribution in [0.3, 0.4) is 0 Å². The molecule has 0 aliphatic heterocycles. The second-order valence-electron chi connectivity index (χ2n) is 6.09. The van der Waals surface area contributed by atoms with Gasteiger partial charge in [0.2, 0.25) is 0 Å². The molecule has 130 valence electrons. The lowest BCUT2D eigenvalue weighted by Crippen LogP contribution is -2.27. The largest absolute Gasteiger partial charge is 0.443 e. The summed E-state index contributed by atoms with van der Waals surface area (Å²) < 4.78 is 58.6. The van der Waals surface area contributed by atoms with Crippen molar-refractivity contribution in [2.24, 2.45) is 0 Å². The van der Waals surface area contributed by atoms with Crippen LogP contribution >= 0.6 is 15.9 Å². The Balaban J connectivity index is 2.47. The standard InChI is InChI=1S/C16H14BrF4NO2/c1-15(2,3)24-14(23)22-8-10(17)7-13(22)9-4-5-11(12(18)6-9)16(19,20)21/h4-8H,1-3H3. The van der Waals surface area contributed by atoms with E-state index in [1.807, 2.05) is 0 Å². The second-order valence-corrected chi connectivity index (χ2v) is 7.00. The van der Waals surface area contributed by atoms with Crippen LogP contribution in [0.4, 0.5) is 22.4 Å². The minimum absolute atomic E-state index is 0.122. The molecule has 1 heterocycles. The monoisotopic (exact) mass is 407 g/mol. The summed E-state index contributed by atoms with van der Waals surface area (Å²) in [6.07, 6.45) is -4.10. The first kappa shape index (κ1) is 18.5. The van der Waals surface area contributed by atoms with Crippen molar-refractivity contribution in [3.8, 4) is 11.3 Å². The van der Waals surface area contributed by atoms with Gasteiger partial charge in [0.1, 0.15) is 11.4 Å². The van der Waals surface area contributed by atoms with E-state index in [1.54, 1.807) is 20.8 Å². The molecule has 0 amide bonds. The highest BCUT2D eigenvalue weighted by atomic mass is 79.9.